The molecule has 1 N–H and O–H groups in total. The predicted molar refractivity (Wildman–Crippen MR) is 86.9 cm³/mol. The van der Waals surface area contributed by atoms with Crippen LogP contribution in [0, 0.1) is 0 Å². The van der Waals surface area contributed by atoms with E-state index in [4.69, 9.17) is 11.6 Å². The van der Waals surface area contributed by atoms with Crippen molar-refractivity contribution in [2.75, 3.05) is 13.6 Å². The number of imide groups is 1. The van der Waals surface area contributed by atoms with Crippen LogP contribution in [0.15, 0.2) is 24.3 Å². The average Bonchev–Trinajstić information content (AvgIpc) is 2.67. The van der Waals surface area contributed by atoms with Crippen LogP contribution < -0.4 is 5.32 Å². The lowest BCUT2D eigenvalue weighted by atomic mass is 10.1. The van der Waals surface area contributed by atoms with Gasteiger partial charge in [-0.05, 0) is 31.5 Å². The van der Waals surface area contributed by atoms with Crippen molar-refractivity contribution in [3.05, 3.63) is 34.9 Å². The van der Waals surface area contributed by atoms with Crippen LogP contribution in [0.25, 0.3) is 0 Å². The molecule has 0 spiro atoms. The van der Waals surface area contributed by atoms with Gasteiger partial charge < -0.3 is 10.2 Å². The molecule has 23 heavy (non-hydrogen) atoms. The summed E-state index contributed by atoms with van der Waals surface area (Å²) in [6, 6.07) is 6.79. The number of hydrogen-bond acceptors (Lipinski definition) is 3. The summed E-state index contributed by atoms with van der Waals surface area (Å²) in [7, 11) is 1.69. The SMILES string of the molecule is CN(Cc1ccc(Cl)cc1)C(=O)CCN1C(=O)NC(C)(C)C1=O. The Morgan fingerprint density at radius 3 is 2.39 bits per heavy atom. The van der Waals surface area contributed by atoms with E-state index in [0.717, 1.165) is 10.5 Å². The van der Waals surface area contributed by atoms with E-state index >= 15 is 0 Å². The van der Waals surface area contributed by atoms with Gasteiger partial charge in [0, 0.05) is 31.6 Å². The largest absolute Gasteiger partial charge is 0.341 e. The lowest BCUT2D eigenvalue weighted by molar-refractivity contribution is -0.132. The van der Waals surface area contributed by atoms with E-state index in [1.54, 1.807) is 37.9 Å². The maximum Gasteiger partial charge on any atom is 0.325 e. The minimum atomic E-state index is -0.907. The summed E-state index contributed by atoms with van der Waals surface area (Å²) < 4.78 is 0. The van der Waals surface area contributed by atoms with Crippen LogP contribution in [-0.2, 0) is 16.1 Å². The first-order valence-electron chi connectivity index (χ1n) is 7.33. The van der Waals surface area contributed by atoms with E-state index in [1.807, 2.05) is 12.1 Å². The van der Waals surface area contributed by atoms with Crippen molar-refractivity contribution >= 4 is 29.4 Å². The summed E-state index contributed by atoms with van der Waals surface area (Å²) in [5.74, 6) is -0.444. The molecule has 0 saturated carbocycles. The van der Waals surface area contributed by atoms with Crippen LogP contribution in [0.3, 0.4) is 0 Å². The number of urea groups is 1. The van der Waals surface area contributed by atoms with Crippen molar-refractivity contribution in [3.63, 3.8) is 0 Å². The van der Waals surface area contributed by atoms with Crippen molar-refractivity contribution in [2.24, 2.45) is 0 Å². The molecule has 6 nitrogen and oxygen atoms in total. The smallest absolute Gasteiger partial charge is 0.325 e. The standard InChI is InChI=1S/C16H20ClN3O3/c1-16(2)14(22)20(15(23)18-16)9-8-13(21)19(3)10-11-4-6-12(17)7-5-11/h4-7H,8-10H2,1-3H3,(H,18,23). The summed E-state index contributed by atoms with van der Waals surface area (Å²) in [5, 5.41) is 3.23. The Morgan fingerprint density at radius 2 is 1.87 bits per heavy atom. The molecule has 1 aliphatic heterocycles. The highest BCUT2D eigenvalue weighted by atomic mass is 35.5. The van der Waals surface area contributed by atoms with E-state index in [2.05, 4.69) is 5.32 Å². The number of carbonyl (C=O) groups excluding carboxylic acids is 3. The minimum Gasteiger partial charge on any atom is -0.341 e. The molecule has 1 fully saturated rings. The fraction of sp³-hybridized carbons (Fsp3) is 0.438. The highest BCUT2D eigenvalue weighted by Gasteiger charge is 2.44. The Hall–Kier alpha value is -2.08. The first kappa shape index (κ1) is 17.3. The molecule has 0 radical (unpaired) electrons. The molecule has 1 aliphatic rings. The van der Waals surface area contributed by atoms with Crippen molar-refractivity contribution in [1.82, 2.24) is 15.1 Å². The fourth-order valence-electron chi connectivity index (χ4n) is 2.37. The molecule has 1 aromatic carbocycles. The zero-order valence-corrected chi connectivity index (χ0v) is 14.2. The molecule has 1 heterocycles. The van der Waals surface area contributed by atoms with E-state index in [-0.39, 0.29) is 24.8 Å². The second-order valence-electron chi connectivity index (χ2n) is 6.14. The number of benzene rings is 1. The van der Waals surface area contributed by atoms with Gasteiger partial charge in [0.05, 0.1) is 0 Å². The van der Waals surface area contributed by atoms with Crippen LogP contribution in [0.1, 0.15) is 25.8 Å². The van der Waals surface area contributed by atoms with Crippen LogP contribution in [0.2, 0.25) is 5.02 Å². The topological polar surface area (TPSA) is 69.7 Å². The third-order valence-corrected chi connectivity index (χ3v) is 4.00. The molecule has 0 bridgehead atoms. The van der Waals surface area contributed by atoms with Gasteiger partial charge in [0.1, 0.15) is 5.54 Å². The van der Waals surface area contributed by atoms with E-state index < -0.39 is 11.6 Å². The average molecular weight is 338 g/mol. The zero-order valence-electron chi connectivity index (χ0n) is 13.4. The molecule has 0 atom stereocenters. The predicted octanol–water partition coefficient (Wildman–Crippen LogP) is 2.02. The molecule has 0 aliphatic carbocycles. The molecule has 7 heteroatoms. The van der Waals surface area contributed by atoms with Gasteiger partial charge in [-0.15, -0.1) is 0 Å². The van der Waals surface area contributed by atoms with Gasteiger partial charge in [0.15, 0.2) is 0 Å². The molecular formula is C16H20ClN3O3. The lowest BCUT2D eigenvalue weighted by Gasteiger charge is -2.20. The molecule has 0 unspecified atom stereocenters. The van der Waals surface area contributed by atoms with Crippen LogP contribution in [-0.4, -0.2) is 46.8 Å². The fourth-order valence-corrected chi connectivity index (χ4v) is 2.50. The Bertz CT molecular complexity index is 628. The van der Waals surface area contributed by atoms with Crippen molar-refractivity contribution in [1.29, 1.82) is 0 Å². The number of rotatable bonds is 5. The van der Waals surface area contributed by atoms with Gasteiger partial charge in [0.25, 0.3) is 5.91 Å². The zero-order chi connectivity index (χ0) is 17.2. The van der Waals surface area contributed by atoms with Crippen molar-refractivity contribution in [2.45, 2.75) is 32.4 Å². The van der Waals surface area contributed by atoms with E-state index in [1.165, 1.54) is 0 Å². The number of halogens is 1. The highest BCUT2D eigenvalue weighted by molar-refractivity contribution is 6.30. The van der Waals surface area contributed by atoms with E-state index in [9.17, 15) is 14.4 Å². The van der Waals surface area contributed by atoms with E-state index in [0.29, 0.717) is 11.6 Å². The van der Waals surface area contributed by atoms with Crippen LogP contribution in [0.5, 0.6) is 0 Å². The highest BCUT2D eigenvalue weighted by Crippen LogP contribution is 2.17. The summed E-state index contributed by atoms with van der Waals surface area (Å²) in [5.41, 5.74) is 0.0522. The first-order valence-corrected chi connectivity index (χ1v) is 7.71. The number of carbonyl (C=O) groups is 3. The van der Waals surface area contributed by atoms with Gasteiger partial charge >= 0.3 is 6.03 Å². The molecule has 4 amide bonds. The minimum absolute atomic E-state index is 0.0812. The number of nitrogens with zero attached hydrogens (tertiary/aromatic N) is 2. The molecular weight excluding hydrogens is 318 g/mol. The molecule has 1 saturated heterocycles. The first-order chi connectivity index (χ1) is 10.7. The Morgan fingerprint density at radius 1 is 1.26 bits per heavy atom. The maximum absolute atomic E-state index is 12.2. The number of hydrogen-bond donors (Lipinski definition) is 1. The van der Waals surface area contributed by atoms with Gasteiger partial charge in [-0.1, -0.05) is 23.7 Å². The lowest BCUT2D eigenvalue weighted by Crippen LogP contribution is -2.40. The second-order valence-corrected chi connectivity index (χ2v) is 6.57. The van der Waals surface area contributed by atoms with Gasteiger partial charge in [-0.3, -0.25) is 14.5 Å². The Balaban J connectivity index is 1.88. The molecule has 0 aromatic heterocycles. The van der Waals surface area contributed by atoms with Crippen LogP contribution in [0.4, 0.5) is 4.79 Å². The quantitative estimate of drug-likeness (QED) is 0.836. The second kappa shape index (κ2) is 6.58. The normalized spacial score (nSPS) is 16.4. The molecule has 2 rings (SSSR count). The maximum atomic E-state index is 12.2. The summed E-state index contributed by atoms with van der Waals surface area (Å²) in [6.45, 7) is 3.81. The number of amides is 4. The Labute approximate surface area is 140 Å². The number of nitrogens with one attached hydrogen (secondary N) is 1. The van der Waals surface area contributed by atoms with Crippen molar-refractivity contribution in [3.8, 4) is 0 Å². The summed E-state index contributed by atoms with van der Waals surface area (Å²) in [4.78, 5) is 38.6. The van der Waals surface area contributed by atoms with Crippen LogP contribution >= 0.6 is 11.6 Å². The third kappa shape index (κ3) is 4.01. The van der Waals surface area contributed by atoms with Gasteiger partial charge in [-0.25, -0.2) is 4.79 Å². The van der Waals surface area contributed by atoms with Gasteiger partial charge in [-0.2, -0.15) is 0 Å². The van der Waals surface area contributed by atoms with Crippen molar-refractivity contribution < 1.29 is 14.4 Å². The molecule has 124 valence electrons. The summed E-state index contributed by atoms with van der Waals surface area (Å²) >= 11 is 5.83. The Kier molecular flexibility index (Phi) is 4.94. The summed E-state index contributed by atoms with van der Waals surface area (Å²) in [6.07, 6.45) is 0.0966. The third-order valence-electron chi connectivity index (χ3n) is 3.75. The molecule has 1 aromatic rings. The van der Waals surface area contributed by atoms with Gasteiger partial charge in [0.2, 0.25) is 5.91 Å². The monoisotopic (exact) mass is 337 g/mol.